The van der Waals surface area contributed by atoms with E-state index in [1.165, 1.54) is 11.3 Å². The van der Waals surface area contributed by atoms with Crippen LogP contribution in [0.2, 0.25) is 0 Å². The highest BCUT2D eigenvalue weighted by Gasteiger charge is 2.17. The van der Waals surface area contributed by atoms with Crippen molar-refractivity contribution in [3.05, 3.63) is 81.2 Å². The number of methoxy groups -OCH3 is 1. The number of H-pyrrole nitrogens is 1. The number of thiazole rings is 1. The number of nitrogens with zero attached hydrogens (tertiary/aromatic N) is 2. The van der Waals surface area contributed by atoms with Crippen molar-refractivity contribution in [1.82, 2.24) is 15.0 Å². The molecule has 3 heterocycles. The van der Waals surface area contributed by atoms with Crippen LogP contribution in [0.25, 0.3) is 21.8 Å². The Kier molecular flexibility index (Phi) is 7.03. The highest BCUT2D eigenvalue weighted by Crippen LogP contribution is 2.29. The van der Waals surface area contributed by atoms with Crippen LogP contribution in [0.4, 0.5) is 5.82 Å². The largest absolute Gasteiger partial charge is 0.497 e. The van der Waals surface area contributed by atoms with Gasteiger partial charge in [0, 0.05) is 29.4 Å². The van der Waals surface area contributed by atoms with E-state index in [-0.39, 0.29) is 12.2 Å². The number of hydrogen-bond donors (Lipinski definition) is 2. The zero-order chi connectivity index (χ0) is 24.1. The summed E-state index contributed by atoms with van der Waals surface area (Å²) in [6.45, 7) is 4.27. The van der Waals surface area contributed by atoms with Crippen LogP contribution in [0.3, 0.4) is 0 Å². The van der Waals surface area contributed by atoms with Gasteiger partial charge < -0.3 is 19.8 Å². The van der Waals surface area contributed by atoms with E-state index < -0.39 is 5.97 Å². The molecule has 0 unspecified atom stereocenters. The topological polar surface area (TPSA) is 106 Å². The molecule has 0 bridgehead atoms. The lowest BCUT2D eigenvalue weighted by atomic mass is 10.1. The molecule has 2 N–H and O–H groups in total. The zero-order valence-electron chi connectivity index (χ0n) is 19.0. The average molecular weight is 477 g/mol. The van der Waals surface area contributed by atoms with Crippen molar-refractivity contribution in [3.8, 4) is 27.6 Å². The summed E-state index contributed by atoms with van der Waals surface area (Å²) < 4.78 is 10.3. The molecule has 0 aliphatic heterocycles. The predicted molar refractivity (Wildman–Crippen MR) is 132 cm³/mol. The summed E-state index contributed by atoms with van der Waals surface area (Å²) in [5, 5.41) is 5.85. The fourth-order valence-electron chi connectivity index (χ4n) is 3.36. The van der Waals surface area contributed by atoms with Gasteiger partial charge in [-0.15, -0.1) is 11.3 Å². The number of aryl methyl sites for hydroxylation is 1. The normalized spacial score (nSPS) is 10.7. The maximum absolute atomic E-state index is 12.6. The number of hydrogen-bond acceptors (Lipinski definition) is 8. The van der Waals surface area contributed by atoms with Crippen molar-refractivity contribution in [2.24, 2.45) is 0 Å². The van der Waals surface area contributed by atoms with Crippen molar-refractivity contribution in [1.29, 1.82) is 0 Å². The van der Waals surface area contributed by atoms with Crippen LogP contribution in [0.5, 0.6) is 5.75 Å². The van der Waals surface area contributed by atoms with E-state index in [4.69, 9.17) is 9.47 Å². The molecular weight excluding hydrogens is 452 g/mol. The molecule has 8 nitrogen and oxygen atoms in total. The van der Waals surface area contributed by atoms with Gasteiger partial charge in [-0.05, 0) is 49.7 Å². The van der Waals surface area contributed by atoms with Gasteiger partial charge >= 0.3 is 5.97 Å². The lowest BCUT2D eigenvalue weighted by molar-refractivity contribution is 0.0525. The third-order valence-electron chi connectivity index (χ3n) is 5.15. The monoisotopic (exact) mass is 476 g/mol. The molecule has 0 spiro atoms. The Labute approximate surface area is 200 Å². The van der Waals surface area contributed by atoms with E-state index in [9.17, 15) is 9.59 Å². The van der Waals surface area contributed by atoms with Crippen LogP contribution in [0, 0.1) is 6.92 Å². The number of nitrogens with one attached hydrogen (secondary N) is 2. The summed E-state index contributed by atoms with van der Waals surface area (Å²) in [7, 11) is 1.64. The first-order valence-corrected chi connectivity index (χ1v) is 11.6. The number of aromatic nitrogens is 3. The number of pyridine rings is 2. The number of carbonyl (C=O) groups is 1. The minimum absolute atomic E-state index is 0.254. The average Bonchev–Trinajstić information content (AvgIpc) is 3.33. The molecule has 4 rings (SSSR count). The van der Waals surface area contributed by atoms with E-state index >= 15 is 0 Å². The minimum Gasteiger partial charge on any atom is -0.497 e. The lowest BCUT2D eigenvalue weighted by Gasteiger charge is -2.08. The fraction of sp³-hybridized carbons (Fsp3) is 0.200. The molecule has 0 fully saturated rings. The molecule has 0 saturated heterocycles. The molecule has 0 amide bonds. The summed E-state index contributed by atoms with van der Waals surface area (Å²) in [6, 6.07) is 13.1. The van der Waals surface area contributed by atoms with Gasteiger partial charge in [-0.2, -0.15) is 0 Å². The maximum Gasteiger partial charge on any atom is 0.339 e. The Hall–Kier alpha value is -3.98. The molecule has 0 atom stereocenters. The second-order valence-electron chi connectivity index (χ2n) is 7.44. The first-order valence-electron chi connectivity index (χ1n) is 10.7. The van der Waals surface area contributed by atoms with Gasteiger partial charge in [-0.25, -0.2) is 14.8 Å². The number of esters is 1. The molecular formula is C25H24N4O4S. The molecule has 4 aromatic rings. The molecule has 0 aliphatic carbocycles. The van der Waals surface area contributed by atoms with Crippen molar-refractivity contribution in [3.63, 3.8) is 0 Å². The summed E-state index contributed by atoms with van der Waals surface area (Å²) in [5.74, 6) is 1.04. The summed E-state index contributed by atoms with van der Waals surface area (Å²) in [4.78, 5) is 36.6. The number of rotatable bonds is 8. The highest BCUT2D eigenvalue weighted by molar-refractivity contribution is 7.13. The number of anilines is 1. The number of carbonyl (C=O) groups excluding carboxylic acids is 1. The van der Waals surface area contributed by atoms with E-state index in [0.29, 0.717) is 34.9 Å². The zero-order valence-corrected chi connectivity index (χ0v) is 19.9. The molecule has 0 radical (unpaired) electrons. The maximum atomic E-state index is 12.6. The first kappa shape index (κ1) is 23.2. The SMILES string of the molecule is CCOC(=O)c1cc(-c2csc(-c3ccnc(NCc4ccc(OC)cc4)c3)n2)c(=O)[nH]c1C. The van der Waals surface area contributed by atoms with E-state index in [1.807, 2.05) is 36.4 Å². The summed E-state index contributed by atoms with van der Waals surface area (Å²) in [6.07, 6.45) is 1.71. The van der Waals surface area contributed by atoms with Crippen LogP contribution < -0.4 is 15.6 Å². The van der Waals surface area contributed by atoms with Crippen molar-refractivity contribution in [2.45, 2.75) is 20.4 Å². The standard InChI is InChI=1S/C25H24N4O4S/c1-4-33-25(31)19-12-20(23(30)28-15(19)2)21-14-34-24(29-21)17-9-10-26-22(11-17)27-13-16-5-7-18(32-3)8-6-16/h5-12,14H,4,13H2,1-3H3,(H,26,27)(H,28,30). The van der Waals surface area contributed by atoms with Gasteiger partial charge in [0.15, 0.2) is 0 Å². The highest BCUT2D eigenvalue weighted by atomic mass is 32.1. The molecule has 1 aromatic carbocycles. The molecule has 174 valence electrons. The number of ether oxygens (including phenoxy) is 2. The number of benzene rings is 1. The van der Waals surface area contributed by atoms with Gasteiger partial charge in [0.05, 0.1) is 30.5 Å². The lowest BCUT2D eigenvalue weighted by Crippen LogP contribution is -2.16. The van der Waals surface area contributed by atoms with Crippen LogP contribution >= 0.6 is 11.3 Å². The molecule has 3 aromatic heterocycles. The predicted octanol–water partition coefficient (Wildman–Crippen LogP) is 4.67. The second kappa shape index (κ2) is 10.3. The third-order valence-corrected chi connectivity index (χ3v) is 6.04. The van der Waals surface area contributed by atoms with Crippen LogP contribution in [0.15, 0.2) is 58.8 Å². The van der Waals surface area contributed by atoms with Gasteiger partial charge in [-0.3, -0.25) is 4.79 Å². The third kappa shape index (κ3) is 5.15. The Morgan fingerprint density at radius 2 is 1.97 bits per heavy atom. The van der Waals surface area contributed by atoms with E-state index in [0.717, 1.165) is 21.9 Å². The Morgan fingerprint density at radius 1 is 1.18 bits per heavy atom. The molecule has 9 heteroatoms. The molecule has 34 heavy (non-hydrogen) atoms. The van der Waals surface area contributed by atoms with Gasteiger partial charge in [0.25, 0.3) is 5.56 Å². The quantitative estimate of drug-likeness (QED) is 0.356. The van der Waals surface area contributed by atoms with Crippen LogP contribution in [-0.4, -0.2) is 34.6 Å². The van der Waals surface area contributed by atoms with Crippen LogP contribution in [-0.2, 0) is 11.3 Å². The molecule has 0 aliphatic rings. The van der Waals surface area contributed by atoms with Gasteiger partial charge in [-0.1, -0.05) is 12.1 Å². The van der Waals surface area contributed by atoms with Gasteiger partial charge in [0.1, 0.15) is 16.6 Å². The Morgan fingerprint density at radius 3 is 2.71 bits per heavy atom. The fourth-order valence-corrected chi connectivity index (χ4v) is 4.18. The van der Waals surface area contributed by atoms with Gasteiger partial charge in [0.2, 0.25) is 0 Å². The summed E-state index contributed by atoms with van der Waals surface area (Å²) >= 11 is 1.41. The first-order chi connectivity index (χ1) is 16.5. The molecule has 0 saturated carbocycles. The Balaban J connectivity index is 1.55. The van der Waals surface area contributed by atoms with Crippen molar-refractivity contribution in [2.75, 3.05) is 19.0 Å². The second-order valence-corrected chi connectivity index (χ2v) is 8.30. The van der Waals surface area contributed by atoms with Crippen molar-refractivity contribution >= 4 is 23.1 Å². The van der Waals surface area contributed by atoms with Crippen molar-refractivity contribution < 1.29 is 14.3 Å². The van der Waals surface area contributed by atoms with E-state index in [1.54, 1.807) is 38.6 Å². The smallest absolute Gasteiger partial charge is 0.339 e. The Bertz CT molecular complexity index is 1360. The summed E-state index contributed by atoms with van der Waals surface area (Å²) in [5.41, 5.74) is 3.26. The van der Waals surface area contributed by atoms with Crippen LogP contribution in [0.1, 0.15) is 28.5 Å². The number of aromatic amines is 1. The minimum atomic E-state index is -0.477. The van der Waals surface area contributed by atoms with E-state index in [2.05, 4.69) is 20.3 Å².